The highest BCUT2D eigenvalue weighted by Crippen LogP contribution is 2.67. The van der Waals surface area contributed by atoms with Crippen LogP contribution >= 0.6 is 11.6 Å². The number of halogens is 5. The molecule has 1 aromatic carbocycles. The van der Waals surface area contributed by atoms with Gasteiger partial charge in [0.05, 0.1) is 17.2 Å². The maximum atomic E-state index is 13.9. The summed E-state index contributed by atoms with van der Waals surface area (Å²) in [5.74, 6) is -2.22. The van der Waals surface area contributed by atoms with Gasteiger partial charge < -0.3 is 9.80 Å². The van der Waals surface area contributed by atoms with Crippen molar-refractivity contribution in [2.45, 2.75) is 33.4 Å². The van der Waals surface area contributed by atoms with Crippen LogP contribution in [0.2, 0.25) is 5.02 Å². The Labute approximate surface area is 179 Å². The second-order valence-corrected chi connectivity index (χ2v) is 8.51. The minimum atomic E-state index is -4.56. The minimum absolute atomic E-state index is 0.0291. The van der Waals surface area contributed by atoms with E-state index in [2.05, 4.69) is 4.90 Å². The van der Waals surface area contributed by atoms with Crippen LogP contribution in [0.15, 0.2) is 41.8 Å². The number of carbonyl (C=O) groups excluding carboxylic acids is 1. The zero-order chi connectivity index (χ0) is 22.3. The van der Waals surface area contributed by atoms with Crippen LogP contribution in [0.4, 0.5) is 23.2 Å². The molecule has 2 atom stereocenters. The van der Waals surface area contributed by atoms with Gasteiger partial charge in [-0.15, -0.1) is 0 Å². The van der Waals surface area contributed by atoms with Gasteiger partial charge in [-0.2, -0.15) is 13.2 Å². The van der Waals surface area contributed by atoms with Crippen molar-refractivity contribution in [3.05, 3.63) is 52.3 Å². The molecule has 1 amide bonds. The number of benzene rings is 1. The van der Waals surface area contributed by atoms with Crippen molar-refractivity contribution in [1.82, 2.24) is 4.90 Å². The van der Waals surface area contributed by atoms with Crippen molar-refractivity contribution >= 4 is 23.2 Å². The number of anilines is 1. The van der Waals surface area contributed by atoms with E-state index in [1.165, 1.54) is 18.7 Å². The second-order valence-electron chi connectivity index (χ2n) is 8.07. The molecule has 1 aliphatic heterocycles. The van der Waals surface area contributed by atoms with E-state index in [0.29, 0.717) is 31.2 Å². The van der Waals surface area contributed by atoms with Gasteiger partial charge in [0.1, 0.15) is 0 Å². The quantitative estimate of drug-likeness (QED) is 0.440. The molecular formula is C22H25ClF4N2O. The van der Waals surface area contributed by atoms with Crippen LogP contribution in [0, 0.1) is 18.3 Å². The Morgan fingerprint density at radius 2 is 1.80 bits per heavy atom. The van der Waals surface area contributed by atoms with Crippen LogP contribution in [0.5, 0.6) is 0 Å². The highest BCUT2D eigenvalue weighted by Gasteiger charge is 2.74. The number of alkyl halides is 3. The lowest BCUT2D eigenvalue weighted by Crippen LogP contribution is -2.50. The molecule has 0 N–H and O–H groups in total. The summed E-state index contributed by atoms with van der Waals surface area (Å²) in [5.41, 5.74) is -0.206. The molecule has 2 aliphatic rings. The van der Waals surface area contributed by atoms with Crippen molar-refractivity contribution in [3.63, 3.8) is 0 Å². The van der Waals surface area contributed by atoms with E-state index in [-0.39, 0.29) is 12.0 Å². The lowest BCUT2D eigenvalue weighted by molar-refractivity contribution is -0.183. The number of nitrogens with zero attached hydrogens (tertiary/aromatic N) is 2. The smallest absolute Gasteiger partial charge is 0.368 e. The van der Waals surface area contributed by atoms with Crippen LogP contribution in [0.3, 0.4) is 0 Å². The van der Waals surface area contributed by atoms with Crippen molar-refractivity contribution in [3.8, 4) is 0 Å². The number of carbonyl (C=O) groups is 1. The molecule has 1 saturated carbocycles. The fourth-order valence-corrected chi connectivity index (χ4v) is 4.40. The van der Waals surface area contributed by atoms with Crippen LogP contribution in [-0.2, 0) is 4.79 Å². The van der Waals surface area contributed by atoms with Gasteiger partial charge in [-0.05, 0) is 51.0 Å². The number of piperazine rings is 1. The second kappa shape index (κ2) is 8.25. The third-order valence-electron chi connectivity index (χ3n) is 6.13. The third-order valence-corrected chi connectivity index (χ3v) is 6.37. The Hall–Kier alpha value is -2.02. The lowest BCUT2D eigenvalue weighted by atomic mass is 9.92. The van der Waals surface area contributed by atoms with Gasteiger partial charge in [0, 0.05) is 36.9 Å². The molecule has 2 fully saturated rings. The van der Waals surface area contributed by atoms with E-state index < -0.39 is 29.2 Å². The molecule has 0 spiro atoms. The summed E-state index contributed by atoms with van der Waals surface area (Å²) in [5, 5.41) is 0.613. The summed E-state index contributed by atoms with van der Waals surface area (Å²) in [7, 11) is 0. The summed E-state index contributed by atoms with van der Waals surface area (Å²) < 4.78 is 54.6. The molecule has 1 aliphatic carbocycles. The maximum Gasteiger partial charge on any atom is 0.398 e. The van der Waals surface area contributed by atoms with Gasteiger partial charge in [-0.1, -0.05) is 29.3 Å². The van der Waals surface area contributed by atoms with Crippen molar-refractivity contribution in [2.75, 3.05) is 31.1 Å². The largest absolute Gasteiger partial charge is 0.398 e. The predicted molar refractivity (Wildman–Crippen MR) is 110 cm³/mol. The summed E-state index contributed by atoms with van der Waals surface area (Å²) in [4.78, 5) is 16.5. The molecule has 1 saturated heterocycles. The van der Waals surface area contributed by atoms with E-state index in [9.17, 15) is 22.4 Å². The van der Waals surface area contributed by atoms with Crippen LogP contribution in [0.25, 0.3) is 0 Å². The Balaban J connectivity index is 1.71. The van der Waals surface area contributed by atoms with Crippen LogP contribution < -0.4 is 4.90 Å². The fourth-order valence-electron chi connectivity index (χ4n) is 4.23. The molecule has 8 heteroatoms. The van der Waals surface area contributed by atoms with E-state index >= 15 is 0 Å². The number of hydrogen-bond donors (Lipinski definition) is 0. The summed E-state index contributed by atoms with van der Waals surface area (Å²) in [6.07, 6.45) is -2.71. The molecule has 30 heavy (non-hydrogen) atoms. The standard InChI is InChI=1S/C22H25ClF4N2O/c1-14-4-7-17(23)12-19(14)28-8-10-29(11-9-28)20(30)18-13-21(18,22(25,26)27)15(2)5-6-16(3)24/h4-7,12,18H,8-11,13H2,1-3H3/b15-5+,16-6+/t18-,21+/m0/s1. The van der Waals surface area contributed by atoms with Gasteiger partial charge in [0.15, 0.2) is 0 Å². The maximum absolute atomic E-state index is 13.9. The van der Waals surface area contributed by atoms with Crippen molar-refractivity contribution < 1.29 is 22.4 Å². The van der Waals surface area contributed by atoms with Gasteiger partial charge in [-0.25, -0.2) is 4.39 Å². The number of allylic oxidation sites excluding steroid dienone is 4. The van der Waals surface area contributed by atoms with Crippen molar-refractivity contribution in [2.24, 2.45) is 11.3 Å². The summed E-state index contributed by atoms with van der Waals surface area (Å²) in [6.45, 7) is 6.20. The first-order chi connectivity index (χ1) is 14.0. The Morgan fingerprint density at radius 1 is 1.17 bits per heavy atom. The first kappa shape index (κ1) is 22.7. The monoisotopic (exact) mass is 444 g/mol. The van der Waals surface area contributed by atoms with E-state index in [4.69, 9.17) is 11.6 Å². The fraction of sp³-hybridized carbons (Fsp3) is 0.500. The van der Waals surface area contributed by atoms with E-state index in [0.717, 1.165) is 23.4 Å². The Morgan fingerprint density at radius 3 is 2.37 bits per heavy atom. The normalized spacial score (nSPS) is 25.5. The van der Waals surface area contributed by atoms with Crippen molar-refractivity contribution in [1.29, 1.82) is 0 Å². The number of aryl methyl sites for hydroxylation is 1. The lowest BCUT2D eigenvalue weighted by Gasteiger charge is -2.37. The van der Waals surface area contributed by atoms with Gasteiger partial charge in [0.2, 0.25) is 5.91 Å². The molecular weight excluding hydrogens is 420 g/mol. The zero-order valence-corrected chi connectivity index (χ0v) is 17.9. The van der Waals surface area contributed by atoms with E-state index in [1.54, 1.807) is 6.07 Å². The van der Waals surface area contributed by atoms with E-state index in [1.807, 2.05) is 19.1 Å². The molecule has 0 radical (unpaired) electrons. The number of amides is 1. The Bertz CT molecular complexity index is 884. The predicted octanol–water partition coefficient (Wildman–Crippen LogP) is 5.69. The highest BCUT2D eigenvalue weighted by atomic mass is 35.5. The molecule has 3 nitrogen and oxygen atoms in total. The Kier molecular flexibility index (Phi) is 6.23. The molecule has 0 bridgehead atoms. The van der Waals surface area contributed by atoms with Gasteiger partial charge >= 0.3 is 6.18 Å². The van der Waals surface area contributed by atoms with Gasteiger partial charge in [0.25, 0.3) is 0 Å². The van der Waals surface area contributed by atoms with Crippen LogP contribution in [0.1, 0.15) is 25.8 Å². The first-order valence-electron chi connectivity index (χ1n) is 9.85. The molecule has 3 rings (SSSR count). The highest BCUT2D eigenvalue weighted by molar-refractivity contribution is 6.30. The molecule has 1 aromatic rings. The van der Waals surface area contributed by atoms with Gasteiger partial charge in [-0.3, -0.25) is 4.79 Å². The zero-order valence-electron chi connectivity index (χ0n) is 17.2. The number of hydrogen-bond acceptors (Lipinski definition) is 2. The summed E-state index contributed by atoms with van der Waals surface area (Å²) >= 11 is 6.08. The third kappa shape index (κ3) is 4.22. The first-order valence-corrected chi connectivity index (χ1v) is 10.2. The average Bonchev–Trinajstić information content (AvgIpc) is 3.45. The SMILES string of the molecule is C/C(F)=C\C=C(/C)[C@]1(C(F)(F)F)C[C@H]1C(=O)N1CCN(c2cc(Cl)ccc2C)CC1. The molecule has 0 unspecified atom stereocenters. The number of rotatable bonds is 4. The topological polar surface area (TPSA) is 23.6 Å². The minimum Gasteiger partial charge on any atom is -0.368 e. The van der Waals surface area contributed by atoms with Crippen LogP contribution in [-0.4, -0.2) is 43.2 Å². The molecule has 0 aromatic heterocycles. The molecule has 1 heterocycles. The average molecular weight is 445 g/mol. The molecule has 164 valence electrons. The summed E-state index contributed by atoms with van der Waals surface area (Å²) in [6, 6.07) is 5.58.